The number of benzene rings is 1. The van der Waals surface area contributed by atoms with Crippen LogP contribution in [-0.4, -0.2) is 33.5 Å². The van der Waals surface area contributed by atoms with Crippen LogP contribution in [0, 0.1) is 0 Å². The van der Waals surface area contributed by atoms with Crippen LogP contribution in [0.5, 0.6) is 17.2 Å². The number of methoxy groups -OCH3 is 3. The Morgan fingerprint density at radius 1 is 0.735 bits per heavy atom. The number of carbonyl (C=O) groups is 1. The van der Waals surface area contributed by atoms with Crippen molar-refractivity contribution in [1.29, 1.82) is 0 Å². The number of amides is 1. The SMILES string of the molecule is CCCCCCCCCCCCCCCCCC(=O)N/N=C\c1cc(OC)c(OC)c(OC)c1. The summed E-state index contributed by atoms with van der Waals surface area (Å²) < 4.78 is 16.0. The van der Waals surface area contributed by atoms with E-state index in [0.717, 1.165) is 18.4 Å². The molecule has 194 valence electrons. The first-order chi connectivity index (χ1) is 16.7. The van der Waals surface area contributed by atoms with Gasteiger partial charge in [0.05, 0.1) is 27.5 Å². The zero-order valence-electron chi connectivity index (χ0n) is 22.1. The van der Waals surface area contributed by atoms with E-state index in [2.05, 4.69) is 17.5 Å². The lowest BCUT2D eigenvalue weighted by Crippen LogP contribution is -2.16. The van der Waals surface area contributed by atoms with Gasteiger partial charge in [0.2, 0.25) is 11.7 Å². The highest BCUT2D eigenvalue weighted by Gasteiger charge is 2.12. The van der Waals surface area contributed by atoms with Crippen molar-refractivity contribution in [2.24, 2.45) is 5.10 Å². The smallest absolute Gasteiger partial charge is 0.240 e. The lowest BCUT2D eigenvalue weighted by atomic mass is 10.0. The summed E-state index contributed by atoms with van der Waals surface area (Å²) in [5.74, 6) is 1.57. The van der Waals surface area contributed by atoms with Crippen molar-refractivity contribution in [2.75, 3.05) is 21.3 Å². The van der Waals surface area contributed by atoms with E-state index >= 15 is 0 Å². The number of hydrogen-bond donors (Lipinski definition) is 1. The third-order valence-corrected chi connectivity index (χ3v) is 6.10. The normalized spacial score (nSPS) is 11.1. The molecule has 0 aromatic heterocycles. The molecule has 34 heavy (non-hydrogen) atoms. The second-order valence-corrected chi connectivity index (χ2v) is 8.95. The molecule has 1 rings (SSSR count). The summed E-state index contributed by atoms with van der Waals surface area (Å²) in [7, 11) is 4.70. The molecule has 0 saturated heterocycles. The topological polar surface area (TPSA) is 69.2 Å². The fourth-order valence-corrected chi connectivity index (χ4v) is 4.07. The summed E-state index contributed by atoms with van der Waals surface area (Å²) in [5.41, 5.74) is 3.35. The monoisotopic (exact) mass is 476 g/mol. The van der Waals surface area contributed by atoms with Gasteiger partial charge in [0.15, 0.2) is 11.5 Å². The van der Waals surface area contributed by atoms with Crippen LogP contribution in [0.3, 0.4) is 0 Å². The van der Waals surface area contributed by atoms with Crippen molar-refractivity contribution < 1.29 is 19.0 Å². The Labute approximate surface area is 207 Å². The molecule has 0 aliphatic heterocycles. The zero-order valence-corrected chi connectivity index (χ0v) is 22.1. The second kappa shape index (κ2) is 20.2. The highest BCUT2D eigenvalue weighted by molar-refractivity contribution is 5.84. The number of nitrogens with one attached hydrogen (secondary N) is 1. The maximum Gasteiger partial charge on any atom is 0.240 e. The molecule has 0 unspecified atom stereocenters. The summed E-state index contributed by atoms with van der Waals surface area (Å²) >= 11 is 0. The van der Waals surface area contributed by atoms with Gasteiger partial charge in [-0.25, -0.2) is 5.43 Å². The Bertz CT molecular complexity index is 666. The fourth-order valence-electron chi connectivity index (χ4n) is 4.07. The van der Waals surface area contributed by atoms with Gasteiger partial charge >= 0.3 is 0 Å². The summed E-state index contributed by atoms with van der Waals surface area (Å²) in [6.07, 6.45) is 21.8. The van der Waals surface area contributed by atoms with Gasteiger partial charge in [-0.1, -0.05) is 96.8 Å². The zero-order chi connectivity index (χ0) is 24.9. The molecule has 0 fully saturated rings. The van der Waals surface area contributed by atoms with E-state index < -0.39 is 0 Å². The molecule has 1 aromatic rings. The quantitative estimate of drug-likeness (QED) is 0.114. The Hall–Kier alpha value is -2.24. The van der Waals surface area contributed by atoms with Crippen molar-refractivity contribution in [2.45, 2.75) is 110 Å². The van der Waals surface area contributed by atoms with Crippen LogP contribution in [-0.2, 0) is 4.79 Å². The van der Waals surface area contributed by atoms with Crippen molar-refractivity contribution in [3.8, 4) is 17.2 Å². The van der Waals surface area contributed by atoms with E-state index in [9.17, 15) is 4.79 Å². The minimum absolute atomic E-state index is 0.0571. The lowest BCUT2D eigenvalue weighted by molar-refractivity contribution is -0.121. The molecular formula is C28H48N2O4. The predicted octanol–water partition coefficient (Wildman–Crippen LogP) is 7.42. The van der Waals surface area contributed by atoms with Gasteiger partial charge in [0.1, 0.15) is 0 Å². The molecule has 0 atom stereocenters. The lowest BCUT2D eigenvalue weighted by Gasteiger charge is -2.12. The average molecular weight is 477 g/mol. The number of hydrazone groups is 1. The fraction of sp³-hybridized carbons (Fsp3) is 0.714. The number of hydrogen-bond acceptors (Lipinski definition) is 5. The Kier molecular flexibility index (Phi) is 17.7. The van der Waals surface area contributed by atoms with Crippen LogP contribution in [0.4, 0.5) is 0 Å². The molecule has 0 bridgehead atoms. The van der Waals surface area contributed by atoms with Crippen LogP contribution in [0.1, 0.15) is 115 Å². The molecule has 1 aromatic carbocycles. The Morgan fingerprint density at radius 3 is 1.59 bits per heavy atom. The van der Waals surface area contributed by atoms with Crippen molar-refractivity contribution in [3.05, 3.63) is 17.7 Å². The summed E-state index contributed by atoms with van der Waals surface area (Å²) in [5, 5.41) is 4.06. The van der Waals surface area contributed by atoms with E-state index in [4.69, 9.17) is 14.2 Å². The molecule has 6 heteroatoms. The molecule has 1 N–H and O–H groups in total. The molecule has 0 radical (unpaired) electrons. The third-order valence-electron chi connectivity index (χ3n) is 6.10. The van der Waals surface area contributed by atoms with Crippen LogP contribution < -0.4 is 19.6 Å². The highest BCUT2D eigenvalue weighted by atomic mass is 16.5. The van der Waals surface area contributed by atoms with E-state index in [1.807, 2.05) is 0 Å². The minimum atomic E-state index is -0.0571. The molecule has 1 amide bonds. The van der Waals surface area contributed by atoms with Crippen LogP contribution >= 0.6 is 0 Å². The highest BCUT2D eigenvalue weighted by Crippen LogP contribution is 2.37. The summed E-state index contributed by atoms with van der Waals surface area (Å²) in [6, 6.07) is 3.57. The first-order valence-corrected chi connectivity index (χ1v) is 13.3. The Balaban J connectivity index is 2.06. The van der Waals surface area contributed by atoms with E-state index in [-0.39, 0.29) is 5.91 Å². The molecule has 0 heterocycles. The maximum atomic E-state index is 12.0. The van der Waals surface area contributed by atoms with Crippen LogP contribution in [0.25, 0.3) is 0 Å². The van der Waals surface area contributed by atoms with Gasteiger partial charge in [0, 0.05) is 12.0 Å². The number of rotatable bonds is 21. The molecule has 0 aliphatic carbocycles. The number of ether oxygens (including phenoxy) is 3. The summed E-state index contributed by atoms with van der Waals surface area (Å²) in [6.45, 7) is 2.27. The van der Waals surface area contributed by atoms with E-state index in [1.165, 1.54) is 83.5 Å². The first kappa shape index (κ1) is 29.8. The van der Waals surface area contributed by atoms with Crippen molar-refractivity contribution in [1.82, 2.24) is 5.43 Å². The minimum Gasteiger partial charge on any atom is -0.493 e. The standard InChI is InChI=1S/C28H48N2O4/c1-5-6-7-8-9-10-11-12-13-14-15-16-17-18-19-20-27(31)30-29-23-24-21-25(32-2)28(34-4)26(22-24)33-3/h21-23H,5-20H2,1-4H3,(H,30,31)/b29-23-. The van der Waals surface area contributed by atoms with Gasteiger partial charge in [-0.05, 0) is 18.6 Å². The molecular weight excluding hydrogens is 428 g/mol. The van der Waals surface area contributed by atoms with Crippen molar-refractivity contribution in [3.63, 3.8) is 0 Å². The number of nitrogens with zero attached hydrogens (tertiary/aromatic N) is 1. The van der Waals surface area contributed by atoms with E-state index in [1.54, 1.807) is 39.7 Å². The van der Waals surface area contributed by atoms with Gasteiger partial charge in [-0.15, -0.1) is 0 Å². The van der Waals surface area contributed by atoms with Gasteiger partial charge < -0.3 is 14.2 Å². The molecule has 0 saturated carbocycles. The van der Waals surface area contributed by atoms with Crippen LogP contribution in [0.15, 0.2) is 17.2 Å². The molecule has 0 aliphatic rings. The second-order valence-electron chi connectivity index (χ2n) is 8.95. The van der Waals surface area contributed by atoms with E-state index in [0.29, 0.717) is 23.7 Å². The van der Waals surface area contributed by atoms with Gasteiger partial charge in [-0.3, -0.25) is 4.79 Å². The van der Waals surface area contributed by atoms with Gasteiger partial charge in [0.25, 0.3) is 0 Å². The maximum absolute atomic E-state index is 12.0. The third kappa shape index (κ3) is 13.5. The summed E-state index contributed by atoms with van der Waals surface area (Å²) in [4.78, 5) is 12.0. The molecule has 6 nitrogen and oxygen atoms in total. The molecule has 0 spiro atoms. The van der Waals surface area contributed by atoms with Crippen LogP contribution in [0.2, 0.25) is 0 Å². The first-order valence-electron chi connectivity index (χ1n) is 13.3. The van der Waals surface area contributed by atoms with Gasteiger partial charge in [-0.2, -0.15) is 5.10 Å². The number of unbranched alkanes of at least 4 members (excludes halogenated alkanes) is 14. The average Bonchev–Trinajstić information content (AvgIpc) is 2.85. The predicted molar refractivity (Wildman–Crippen MR) is 141 cm³/mol. The number of carbonyl (C=O) groups excluding carboxylic acids is 1. The largest absolute Gasteiger partial charge is 0.493 e. The Morgan fingerprint density at radius 2 is 1.18 bits per heavy atom. The van der Waals surface area contributed by atoms with Crippen molar-refractivity contribution >= 4 is 12.1 Å².